The van der Waals surface area contributed by atoms with Crippen molar-refractivity contribution in [2.45, 2.75) is 58.3 Å². The normalized spacial score (nSPS) is 34.5. The highest BCUT2D eigenvalue weighted by atomic mass is 16.2. The van der Waals surface area contributed by atoms with Crippen LogP contribution in [0.15, 0.2) is 24.4 Å². The first-order chi connectivity index (χ1) is 15.0. The second-order valence-electron chi connectivity index (χ2n) is 10.7. The van der Waals surface area contributed by atoms with Gasteiger partial charge in [-0.2, -0.15) is 0 Å². The molecule has 31 heavy (non-hydrogen) atoms. The molecule has 4 saturated carbocycles. The summed E-state index contributed by atoms with van der Waals surface area (Å²) < 4.78 is 1.83. The quantitative estimate of drug-likeness (QED) is 0.721. The van der Waals surface area contributed by atoms with Gasteiger partial charge in [-0.25, -0.2) is 4.98 Å². The molecule has 5 unspecified atom stereocenters. The van der Waals surface area contributed by atoms with E-state index in [9.17, 15) is 9.59 Å². The Balaban J connectivity index is 1.16. The molecule has 2 bridgehead atoms. The van der Waals surface area contributed by atoms with E-state index in [0.29, 0.717) is 29.0 Å². The Labute approximate surface area is 183 Å². The number of hydrogen-bond donors (Lipinski definition) is 2. The summed E-state index contributed by atoms with van der Waals surface area (Å²) in [5, 5.41) is 6.17. The molecule has 2 N–H and O–H groups in total. The number of nitrogens with zero attached hydrogens (tertiary/aromatic N) is 2. The van der Waals surface area contributed by atoms with E-state index in [1.807, 2.05) is 35.7 Å². The van der Waals surface area contributed by atoms with Crippen LogP contribution in [0.3, 0.4) is 0 Å². The van der Waals surface area contributed by atoms with Gasteiger partial charge in [-0.15, -0.1) is 0 Å². The minimum Gasteiger partial charge on any atom is -0.356 e. The molecule has 2 aromatic rings. The molecule has 0 radical (unpaired) electrons. The molecule has 4 aliphatic rings. The predicted molar refractivity (Wildman–Crippen MR) is 118 cm³/mol. The summed E-state index contributed by atoms with van der Waals surface area (Å²) in [7, 11) is 0. The highest BCUT2D eigenvalue weighted by Crippen LogP contribution is 2.79. The molecule has 2 heterocycles. The first-order valence-corrected chi connectivity index (χ1v) is 12.0. The Morgan fingerprint density at radius 3 is 2.97 bits per heavy atom. The maximum absolute atomic E-state index is 13.2. The van der Waals surface area contributed by atoms with Crippen molar-refractivity contribution in [2.75, 3.05) is 13.1 Å². The van der Waals surface area contributed by atoms with Crippen molar-refractivity contribution in [1.29, 1.82) is 0 Å². The number of rotatable bonds is 7. The summed E-state index contributed by atoms with van der Waals surface area (Å²) in [6, 6.07) is 5.60. The largest absolute Gasteiger partial charge is 0.356 e. The number of imidazole rings is 1. The van der Waals surface area contributed by atoms with E-state index >= 15 is 0 Å². The molecular weight excluding hydrogens is 388 g/mol. The second kappa shape index (κ2) is 6.81. The number of carbonyl (C=O) groups is 2. The highest BCUT2D eigenvalue weighted by molar-refractivity contribution is 5.93. The third kappa shape index (κ3) is 3.01. The summed E-state index contributed by atoms with van der Waals surface area (Å²) >= 11 is 0. The molecule has 4 fully saturated rings. The van der Waals surface area contributed by atoms with Gasteiger partial charge in [-0.1, -0.05) is 13.0 Å². The van der Waals surface area contributed by atoms with Gasteiger partial charge < -0.3 is 10.6 Å². The van der Waals surface area contributed by atoms with Gasteiger partial charge in [0.1, 0.15) is 11.3 Å². The van der Waals surface area contributed by atoms with Crippen molar-refractivity contribution < 1.29 is 9.59 Å². The number of pyridine rings is 1. The summed E-state index contributed by atoms with van der Waals surface area (Å²) in [5.41, 5.74) is 3.03. The molecule has 4 aliphatic carbocycles. The Hall–Kier alpha value is -2.37. The van der Waals surface area contributed by atoms with Crippen molar-refractivity contribution in [3.05, 3.63) is 35.8 Å². The van der Waals surface area contributed by atoms with Gasteiger partial charge >= 0.3 is 0 Å². The third-order valence-corrected chi connectivity index (χ3v) is 8.91. The molecule has 2 amide bonds. The van der Waals surface area contributed by atoms with Crippen LogP contribution in [-0.2, 0) is 11.2 Å². The zero-order valence-corrected chi connectivity index (χ0v) is 18.3. The number of fused-ring (bicyclic) bond motifs is 2. The minimum atomic E-state index is -0.0379. The Kier molecular flexibility index (Phi) is 4.25. The molecule has 2 aromatic heterocycles. The lowest BCUT2D eigenvalue weighted by molar-refractivity contribution is -0.120. The van der Waals surface area contributed by atoms with E-state index in [2.05, 4.69) is 15.6 Å². The van der Waals surface area contributed by atoms with E-state index in [0.717, 1.165) is 36.1 Å². The summed E-state index contributed by atoms with van der Waals surface area (Å²) in [4.78, 5) is 29.8. The number of aromatic nitrogens is 2. The SMILES string of the molecule is CCCNC(=O)Cc1cn2c(C(=O)NCC34CC5CCC6(CC6C3)C5C4)cccc2n1. The Bertz CT molecular complexity index is 1060. The summed E-state index contributed by atoms with van der Waals surface area (Å²) in [6.07, 6.45) is 11.2. The molecule has 0 saturated heterocycles. The fourth-order valence-corrected chi connectivity index (χ4v) is 7.55. The van der Waals surface area contributed by atoms with Crippen LogP contribution in [0.5, 0.6) is 0 Å². The third-order valence-electron chi connectivity index (χ3n) is 8.91. The van der Waals surface area contributed by atoms with Gasteiger partial charge in [0.05, 0.1) is 12.1 Å². The maximum atomic E-state index is 13.2. The number of carbonyl (C=O) groups excluding carboxylic acids is 2. The van der Waals surface area contributed by atoms with E-state index in [4.69, 9.17) is 0 Å². The van der Waals surface area contributed by atoms with Crippen LogP contribution in [-0.4, -0.2) is 34.3 Å². The zero-order chi connectivity index (χ0) is 21.2. The minimum absolute atomic E-state index is 0.0319. The average molecular weight is 421 g/mol. The molecule has 5 atom stereocenters. The topological polar surface area (TPSA) is 75.5 Å². The van der Waals surface area contributed by atoms with Gasteiger partial charge in [0.2, 0.25) is 5.91 Å². The number of nitrogens with one attached hydrogen (secondary N) is 2. The number of hydrogen-bond acceptors (Lipinski definition) is 3. The van der Waals surface area contributed by atoms with Crippen LogP contribution >= 0.6 is 0 Å². The molecule has 6 heteroatoms. The van der Waals surface area contributed by atoms with Crippen molar-refractivity contribution in [3.63, 3.8) is 0 Å². The van der Waals surface area contributed by atoms with Crippen LogP contribution in [0.1, 0.15) is 68.1 Å². The van der Waals surface area contributed by atoms with E-state index in [1.165, 1.54) is 38.5 Å². The lowest BCUT2D eigenvalue weighted by Gasteiger charge is -2.36. The first-order valence-electron chi connectivity index (χ1n) is 12.0. The van der Waals surface area contributed by atoms with E-state index < -0.39 is 0 Å². The second-order valence-corrected chi connectivity index (χ2v) is 10.7. The predicted octanol–water partition coefficient (Wildman–Crippen LogP) is 3.35. The van der Waals surface area contributed by atoms with Crippen molar-refractivity contribution in [3.8, 4) is 0 Å². The Morgan fingerprint density at radius 2 is 2.10 bits per heavy atom. The Morgan fingerprint density at radius 1 is 1.19 bits per heavy atom. The van der Waals surface area contributed by atoms with E-state index in [-0.39, 0.29) is 18.2 Å². The molecule has 6 nitrogen and oxygen atoms in total. The number of amides is 2. The van der Waals surface area contributed by atoms with Gasteiger partial charge in [0, 0.05) is 19.3 Å². The van der Waals surface area contributed by atoms with Gasteiger partial charge in [-0.05, 0) is 85.7 Å². The molecular formula is C25H32N4O2. The van der Waals surface area contributed by atoms with Crippen LogP contribution in [0.4, 0.5) is 0 Å². The monoisotopic (exact) mass is 420 g/mol. The lowest BCUT2D eigenvalue weighted by atomic mass is 9.71. The lowest BCUT2D eigenvalue weighted by Crippen LogP contribution is -2.39. The smallest absolute Gasteiger partial charge is 0.268 e. The van der Waals surface area contributed by atoms with Gasteiger partial charge in [-0.3, -0.25) is 14.0 Å². The maximum Gasteiger partial charge on any atom is 0.268 e. The molecule has 164 valence electrons. The van der Waals surface area contributed by atoms with Crippen molar-refractivity contribution in [1.82, 2.24) is 20.0 Å². The standard InChI is InChI=1S/C25H32N4O2/c1-2-8-26-22(30)9-18-14-29-20(4-3-5-21(29)28-18)23(31)27-15-24-10-16-6-7-25(19(16)13-24)12-17(25)11-24/h3-5,14,16-17,19H,2,6-13,15H2,1H3,(H,26,30)(H,27,31). The van der Waals surface area contributed by atoms with Gasteiger partial charge in [0.15, 0.2) is 0 Å². The van der Waals surface area contributed by atoms with E-state index in [1.54, 1.807) is 0 Å². The van der Waals surface area contributed by atoms with Crippen LogP contribution in [0.25, 0.3) is 5.65 Å². The van der Waals surface area contributed by atoms with Crippen LogP contribution < -0.4 is 10.6 Å². The zero-order valence-electron chi connectivity index (χ0n) is 18.3. The fraction of sp³-hybridized carbons (Fsp3) is 0.640. The van der Waals surface area contributed by atoms with Crippen molar-refractivity contribution >= 4 is 17.5 Å². The average Bonchev–Trinajstić information content (AvgIpc) is 3.01. The highest BCUT2D eigenvalue weighted by Gasteiger charge is 2.72. The van der Waals surface area contributed by atoms with Crippen LogP contribution in [0.2, 0.25) is 0 Å². The molecule has 1 spiro atoms. The van der Waals surface area contributed by atoms with Gasteiger partial charge in [0.25, 0.3) is 5.91 Å². The van der Waals surface area contributed by atoms with Crippen LogP contribution in [0, 0.1) is 28.6 Å². The van der Waals surface area contributed by atoms with Crippen molar-refractivity contribution in [2.24, 2.45) is 28.6 Å². The molecule has 0 aliphatic heterocycles. The first kappa shape index (κ1) is 19.3. The molecule has 6 rings (SSSR count). The fourth-order valence-electron chi connectivity index (χ4n) is 7.55. The summed E-state index contributed by atoms with van der Waals surface area (Å²) in [5.74, 6) is 2.69. The summed E-state index contributed by atoms with van der Waals surface area (Å²) in [6.45, 7) is 3.50. The molecule has 0 aromatic carbocycles.